The van der Waals surface area contributed by atoms with Gasteiger partial charge in [-0.1, -0.05) is 0 Å². The van der Waals surface area contributed by atoms with Crippen LogP contribution in [0, 0.1) is 5.92 Å². The quantitative estimate of drug-likeness (QED) is 0.789. The van der Waals surface area contributed by atoms with E-state index in [2.05, 4.69) is 0 Å². The van der Waals surface area contributed by atoms with Crippen LogP contribution >= 0.6 is 0 Å². The lowest BCUT2D eigenvalue weighted by Gasteiger charge is -2.12. The molecule has 1 unspecified atom stereocenters. The van der Waals surface area contributed by atoms with Gasteiger partial charge in [-0.25, -0.2) is 0 Å². The summed E-state index contributed by atoms with van der Waals surface area (Å²) in [6.07, 6.45) is 1.07. The summed E-state index contributed by atoms with van der Waals surface area (Å²) in [7, 11) is 1.62. The van der Waals surface area contributed by atoms with Gasteiger partial charge >= 0.3 is 0 Å². The van der Waals surface area contributed by atoms with E-state index in [4.69, 9.17) is 19.9 Å². The van der Waals surface area contributed by atoms with E-state index in [1.165, 1.54) is 0 Å². The van der Waals surface area contributed by atoms with Gasteiger partial charge in [-0.15, -0.1) is 0 Å². The molecule has 1 heterocycles. The zero-order valence-corrected chi connectivity index (χ0v) is 9.44. The van der Waals surface area contributed by atoms with Crippen LogP contribution in [0.2, 0.25) is 0 Å². The van der Waals surface area contributed by atoms with Gasteiger partial charge in [0.1, 0.15) is 11.5 Å². The number of ether oxygens (including phenoxy) is 3. The van der Waals surface area contributed by atoms with Gasteiger partial charge in [-0.2, -0.15) is 0 Å². The first-order valence-corrected chi connectivity index (χ1v) is 5.43. The van der Waals surface area contributed by atoms with Gasteiger partial charge in [-0.05, 0) is 18.6 Å². The molecule has 1 aromatic carbocycles. The zero-order chi connectivity index (χ0) is 11.4. The van der Waals surface area contributed by atoms with Crippen molar-refractivity contribution in [3.63, 3.8) is 0 Å². The molecule has 1 atom stereocenters. The number of nitrogen functional groups attached to an aromatic ring is 1. The molecule has 4 heteroatoms. The van der Waals surface area contributed by atoms with Gasteiger partial charge in [0.05, 0.1) is 26.0 Å². The van der Waals surface area contributed by atoms with Crippen LogP contribution in [0.5, 0.6) is 11.5 Å². The number of anilines is 1. The maximum Gasteiger partial charge on any atom is 0.142 e. The second-order valence-corrected chi connectivity index (χ2v) is 3.94. The van der Waals surface area contributed by atoms with Crippen molar-refractivity contribution < 1.29 is 14.2 Å². The standard InChI is InChI=1S/C12H17NO3/c1-14-10-2-3-12(11(13)6-10)16-8-9-4-5-15-7-9/h2-3,6,9H,4-5,7-8,13H2,1H3. The second kappa shape index (κ2) is 5.07. The van der Waals surface area contributed by atoms with Crippen molar-refractivity contribution in [2.45, 2.75) is 6.42 Å². The number of nitrogens with two attached hydrogens (primary N) is 1. The second-order valence-electron chi connectivity index (χ2n) is 3.94. The van der Waals surface area contributed by atoms with Gasteiger partial charge in [0.25, 0.3) is 0 Å². The van der Waals surface area contributed by atoms with Gasteiger partial charge in [0, 0.05) is 18.6 Å². The fourth-order valence-electron chi connectivity index (χ4n) is 1.71. The summed E-state index contributed by atoms with van der Waals surface area (Å²) in [4.78, 5) is 0. The summed E-state index contributed by atoms with van der Waals surface area (Å²) in [5.74, 6) is 1.95. The highest BCUT2D eigenvalue weighted by Gasteiger charge is 2.16. The van der Waals surface area contributed by atoms with Gasteiger partial charge < -0.3 is 19.9 Å². The van der Waals surface area contributed by atoms with E-state index >= 15 is 0 Å². The van der Waals surface area contributed by atoms with Crippen LogP contribution in [0.3, 0.4) is 0 Å². The molecule has 0 radical (unpaired) electrons. The fraction of sp³-hybridized carbons (Fsp3) is 0.500. The van der Waals surface area contributed by atoms with Gasteiger partial charge in [0.15, 0.2) is 0 Å². The number of hydrogen-bond acceptors (Lipinski definition) is 4. The summed E-state index contributed by atoms with van der Waals surface area (Å²) in [6.45, 7) is 2.29. The molecule has 2 rings (SSSR count). The molecule has 88 valence electrons. The highest BCUT2D eigenvalue weighted by Crippen LogP contribution is 2.27. The van der Waals surface area contributed by atoms with Crippen LogP contribution in [0.4, 0.5) is 5.69 Å². The smallest absolute Gasteiger partial charge is 0.142 e. The molecule has 16 heavy (non-hydrogen) atoms. The number of benzene rings is 1. The predicted molar refractivity (Wildman–Crippen MR) is 61.8 cm³/mol. The van der Waals surface area contributed by atoms with Crippen molar-refractivity contribution in [3.05, 3.63) is 18.2 Å². The van der Waals surface area contributed by atoms with Crippen molar-refractivity contribution in [1.82, 2.24) is 0 Å². The number of methoxy groups -OCH3 is 1. The molecule has 2 N–H and O–H groups in total. The topological polar surface area (TPSA) is 53.7 Å². The monoisotopic (exact) mass is 223 g/mol. The Morgan fingerprint density at radius 3 is 3.00 bits per heavy atom. The molecule has 1 fully saturated rings. The van der Waals surface area contributed by atoms with Crippen molar-refractivity contribution in [2.24, 2.45) is 5.92 Å². The third-order valence-electron chi connectivity index (χ3n) is 2.72. The largest absolute Gasteiger partial charge is 0.497 e. The first-order valence-electron chi connectivity index (χ1n) is 5.43. The highest BCUT2D eigenvalue weighted by atomic mass is 16.5. The molecule has 0 aromatic heterocycles. The molecular formula is C12H17NO3. The Bertz CT molecular complexity index is 348. The van der Waals surface area contributed by atoms with Gasteiger partial charge in [-0.3, -0.25) is 0 Å². The minimum absolute atomic E-state index is 0.488. The molecule has 0 bridgehead atoms. The lowest BCUT2D eigenvalue weighted by Crippen LogP contribution is -2.12. The molecule has 1 saturated heterocycles. The average molecular weight is 223 g/mol. The molecule has 1 aliphatic rings. The average Bonchev–Trinajstić information content (AvgIpc) is 2.80. The molecular weight excluding hydrogens is 206 g/mol. The summed E-state index contributed by atoms with van der Waals surface area (Å²) in [5.41, 5.74) is 6.45. The van der Waals surface area contributed by atoms with E-state index in [9.17, 15) is 0 Å². The van der Waals surface area contributed by atoms with Crippen molar-refractivity contribution in [1.29, 1.82) is 0 Å². The van der Waals surface area contributed by atoms with Crippen LogP contribution in [-0.2, 0) is 4.74 Å². The summed E-state index contributed by atoms with van der Waals surface area (Å²) < 4.78 is 16.0. The normalized spacial score (nSPS) is 19.7. The Balaban J connectivity index is 1.93. The van der Waals surface area contributed by atoms with Gasteiger partial charge in [0.2, 0.25) is 0 Å². The Hall–Kier alpha value is -1.42. The Morgan fingerprint density at radius 1 is 1.50 bits per heavy atom. The van der Waals surface area contributed by atoms with E-state index in [-0.39, 0.29) is 0 Å². The van der Waals surface area contributed by atoms with Crippen LogP contribution in [-0.4, -0.2) is 26.9 Å². The van der Waals surface area contributed by atoms with Crippen LogP contribution < -0.4 is 15.2 Å². The van der Waals surface area contributed by atoms with E-state index < -0.39 is 0 Å². The fourth-order valence-corrected chi connectivity index (χ4v) is 1.71. The zero-order valence-electron chi connectivity index (χ0n) is 9.44. The predicted octanol–water partition coefficient (Wildman–Crippen LogP) is 1.69. The number of hydrogen-bond donors (Lipinski definition) is 1. The molecule has 0 saturated carbocycles. The molecule has 0 aliphatic carbocycles. The van der Waals surface area contributed by atoms with E-state index in [1.807, 2.05) is 12.1 Å². The third-order valence-corrected chi connectivity index (χ3v) is 2.72. The Kier molecular flexibility index (Phi) is 3.51. The highest BCUT2D eigenvalue weighted by molar-refractivity contribution is 5.56. The van der Waals surface area contributed by atoms with E-state index in [0.717, 1.165) is 25.4 Å². The minimum atomic E-state index is 0.488. The molecule has 4 nitrogen and oxygen atoms in total. The SMILES string of the molecule is COc1ccc(OCC2CCOC2)c(N)c1. The summed E-state index contributed by atoms with van der Waals surface area (Å²) in [5, 5.41) is 0. The number of rotatable bonds is 4. The van der Waals surface area contributed by atoms with Crippen molar-refractivity contribution in [3.8, 4) is 11.5 Å². The Labute approximate surface area is 95.3 Å². The van der Waals surface area contributed by atoms with Crippen LogP contribution in [0.15, 0.2) is 18.2 Å². The molecule has 0 spiro atoms. The lowest BCUT2D eigenvalue weighted by atomic mass is 10.1. The first kappa shape index (κ1) is 11.1. The summed E-state index contributed by atoms with van der Waals surface area (Å²) in [6, 6.07) is 5.45. The van der Waals surface area contributed by atoms with E-state index in [1.54, 1.807) is 13.2 Å². The van der Waals surface area contributed by atoms with Crippen LogP contribution in [0.1, 0.15) is 6.42 Å². The Morgan fingerprint density at radius 2 is 2.38 bits per heavy atom. The molecule has 1 aliphatic heterocycles. The maximum absolute atomic E-state index is 5.85. The molecule has 0 amide bonds. The minimum Gasteiger partial charge on any atom is -0.497 e. The first-order chi connectivity index (χ1) is 7.79. The third kappa shape index (κ3) is 2.58. The van der Waals surface area contributed by atoms with Crippen LogP contribution in [0.25, 0.3) is 0 Å². The van der Waals surface area contributed by atoms with Crippen molar-refractivity contribution >= 4 is 5.69 Å². The summed E-state index contributed by atoms with van der Waals surface area (Å²) >= 11 is 0. The molecule has 1 aromatic rings. The lowest BCUT2D eigenvalue weighted by molar-refractivity contribution is 0.167. The maximum atomic E-state index is 5.85. The van der Waals surface area contributed by atoms with Crippen molar-refractivity contribution in [2.75, 3.05) is 32.7 Å². The van der Waals surface area contributed by atoms with E-state index in [0.29, 0.717) is 24.0 Å².